The monoisotopic (exact) mass is 399 g/mol. The number of rotatable bonds is 4. The Labute approximate surface area is 166 Å². The summed E-state index contributed by atoms with van der Waals surface area (Å²) in [5, 5.41) is 2.90. The SMILES string of the molecule is CCc1ccc(S(=O)(=O)N2CCN(c3ccc4c(c3)CCC(=O)N4)CC2)cc1. The van der Waals surface area contributed by atoms with E-state index in [1.807, 2.05) is 24.3 Å². The maximum absolute atomic E-state index is 12.9. The third-order valence-corrected chi connectivity index (χ3v) is 7.47. The average molecular weight is 400 g/mol. The Bertz CT molecular complexity index is 978. The van der Waals surface area contributed by atoms with Crippen LogP contribution in [0.2, 0.25) is 0 Å². The fraction of sp³-hybridized carbons (Fsp3) is 0.381. The van der Waals surface area contributed by atoms with E-state index in [0.717, 1.165) is 35.3 Å². The van der Waals surface area contributed by atoms with Gasteiger partial charge in [-0.2, -0.15) is 4.31 Å². The van der Waals surface area contributed by atoms with E-state index in [2.05, 4.69) is 23.2 Å². The first-order valence-electron chi connectivity index (χ1n) is 9.74. The lowest BCUT2D eigenvalue weighted by molar-refractivity contribution is -0.116. The van der Waals surface area contributed by atoms with Crippen LogP contribution >= 0.6 is 0 Å². The third kappa shape index (κ3) is 3.64. The molecule has 6 nitrogen and oxygen atoms in total. The topological polar surface area (TPSA) is 69.7 Å². The van der Waals surface area contributed by atoms with Crippen LogP contribution in [0.5, 0.6) is 0 Å². The van der Waals surface area contributed by atoms with E-state index < -0.39 is 10.0 Å². The third-order valence-electron chi connectivity index (χ3n) is 5.56. The number of piperazine rings is 1. The van der Waals surface area contributed by atoms with Gasteiger partial charge in [0.1, 0.15) is 0 Å². The molecule has 1 fully saturated rings. The van der Waals surface area contributed by atoms with Gasteiger partial charge in [-0.15, -0.1) is 0 Å². The van der Waals surface area contributed by atoms with E-state index in [1.54, 1.807) is 16.4 Å². The summed E-state index contributed by atoms with van der Waals surface area (Å²) in [4.78, 5) is 14.1. The van der Waals surface area contributed by atoms with Gasteiger partial charge in [-0.05, 0) is 54.3 Å². The standard InChI is InChI=1S/C21H25N3O3S/c1-2-16-3-7-19(8-4-16)28(26,27)24-13-11-23(12-14-24)18-6-9-20-17(15-18)5-10-21(25)22-20/h3-4,6-9,15H,2,5,10-14H2,1H3,(H,22,25). The molecule has 28 heavy (non-hydrogen) atoms. The predicted octanol–water partition coefficient (Wildman–Crippen LogP) is 2.64. The lowest BCUT2D eigenvalue weighted by atomic mass is 10.0. The molecule has 0 bridgehead atoms. The van der Waals surface area contributed by atoms with Gasteiger partial charge >= 0.3 is 0 Å². The van der Waals surface area contributed by atoms with Crippen molar-refractivity contribution in [2.24, 2.45) is 0 Å². The molecule has 0 saturated carbocycles. The minimum absolute atomic E-state index is 0.0611. The maximum atomic E-state index is 12.9. The Kier molecular flexibility index (Phi) is 5.12. The zero-order chi connectivity index (χ0) is 19.7. The molecule has 1 amide bonds. The number of nitrogens with one attached hydrogen (secondary N) is 1. The van der Waals surface area contributed by atoms with E-state index in [1.165, 1.54) is 0 Å². The van der Waals surface area contributed by atoms with Gasteiger partial charge in [0.15, 0.2) is 0 Å². The highest BCUT2D eigenvalue weighted by Gasteiger charge is 2.29. The summed E-state index contributed by atoms with van der Waals surface area (Å²) in [6, 6.07) is 13.2. The highest BCUT2D eigenvalue weighted by molar-refractivity contribution is 7.89. The maximum Gasteiger partial charge on any atom is 0.243 e. The number of hydrogen-bond acceptors (Lipinski definition) is 4. The van der Waals surface area contributed by atoms with Gasteiger partial charge in [0.05, 0.1) is 4.90 Å². The van der Waals surface area contributed by atoms with Crippen molar-refractivity contribution in [1.29, 1.82) is 0 Å². The second kappa shape index (κ2) is 7.56. The molecule has 0 atom stereocenters. The Morgan fingerprint density at radius 1 is 0.964 bits per heavy atom. The number of benzene rings is 2. The van der Waals surface area contributed by atoms with Crippen molar-refractivity contribution in [2.75, 3.05) is 36.4 Å². The van der Waals surface area contributed by atoms with Crippen molar-refractivity contribution in [1.82, 2.24) is 4.31 Å². The lowest BCUT2D eigenvalue weighted by Gasteiger charge is -2.36. The summed E-state index contributed by atoms with van der Waals surface area (Å²) < 4.78 is 27.4. The molecular formula is C21H25N3O3S. The molecule has 2 aromatic rings. The molecule has 2 aromatic carbocycles. The zero-order valence-electron chi connectivity index (χ0n) is 16.0. The van der Waals surface area contributed by atoms with Gasteiger partial charge in [0, 0.05) is 44.0 Å². The Morgan fingerprint density at radius 2 is 1.68 bits per heavy atom. The van der Waals surface area contributed by atoms with Crippen LogP contribution in [0.4, 0.5) is 11.4 Å². The number of carbonyl (C=O) groups excluding carboxylic acids is 1. The summed E-state index contributed by atoms with van der Waals surface area (Å²) in [5.74, 6) is 0.0611. The number of nitrogens with zero attached hydrogens (tertiary/aromatic N) is 2. The van der Waals surface area contributed by atoms with Gasteiger partial charge in [0.25, 0.3) is 0 Å². The molecular weight excluding hydrogens is 374 g/mol. The van der Waals surface area contributed by atoms with Crippen molar-refractivity contribution in [3.8, 4) is 0 Å². The van der Waals surface area contributed by atoms with Crippen LogP contribution in [0.1, 0.15) is 24.5 Å². The molecule has 2 aliphatic rings. The molecule has 0 radical (unpaired) electrons. The number of carbonyl (C=O) groups is 1. The van der Waals surface area contributed by atoms with E-state index in [0.29, 0.717) is 37.5 Å². The van der Waals surface area contributed by atoms with Gasteiger partial charge < -0.3 is 10.2 Å². The van der Waals surface area contributed by atoms with Crippen LogP contribution in [-0.4, -0.2) is 44.8 Å². The predicted molar refractivity (Wildman–Crippen MR) is 110 cm³/mol. The highest BCUT2D eigenvalue weighted by atomic mass is 32.2. The molecule has 1 N–H and O–H groups in total. The average Bonchev–Trinajstić information content (AvgIpc) is 2.73. The van der Waals surface area contributed by atoms with Crippen LogP contribution in [0.25, 0.3) is 0 Å². The largest absolute Gasteiger partial charge is 0.369 e. The number of amides is 1. The van der Waals surface area contributed by atoms with Gasteiger partial charge in [0.2, 0.25) is 15.9 Å². The van der Waals surface area contributed by atoms with Gasteiger partial charge in [-0.3, -0.25) is 4.79 Å². The molecule has 0 spiro atoms. The molecule has 2 aliphatic heterocycles. The highest BCUT2D eigenvalue weighted by Crippen LogP contribution is 2.29. The summed E-state index contributed by atoms with van der Waals surface area (Å²) >= 11 is 0. The first kappa shape index (κ1) is 19.0. The second-order valence-electron chi connectivity index (χ2n) is 7.28. The molecule has 0 unspecified atom stereocenters. The van der Waals surface area contributed by atoms with Crippen LogP contribution in [0, 0.1) is 0 Å². The molecule has 0 aliphatic carbocycles. The van der Waals surface area contributed by atoms with Crippen LogP contribution in [0.15, 0.2) is 47.4 Å². The number of sulfonamides is 1. The summed E-state index contributed by atoms with van der Waals surface area (Å²) in [6.45, 7) is 4.28. The fourth-order valence-corrected chi connectivity index (χ4v) is 5.22. The molecule has 0 aromatic heterocycles. The van der Waals surface area contributed by atoms with Crippen LogP contribution in [0.3, 0.4) is 0 Å². The minimum atomic E-state index is -3.45. The zero-order valence-corrected chi connectivity index (χ0v) is 16.8. The van der Waals surface area contributed by atoms with Crippen molar-refractivity contribution >= 4 is 27.3 Å². The van der Waals surface area contributed by atoms with E-state index in [4.69, 9.17) is 0 Å². The minimum Gasteiger partial charge on any atom is -0.369 e. The van der Waals surface area contributed by atoms with E-state index >= 15 is 0 Å². The molecule has 2 heterocycles. The number of fused-ring (bicyclic) bond motifs is 1. The summed E-state index contributed by atoms with van der Waals surface area (Å²) in [6.07, 6.45) is 2.15. The van der Waals surface area contributed by atoms with Crippen molar-refractivity contribution < 1.29 is 13.2 Å². The van der Waals surface area contributed by atoms with Crippen molar-refractivity contribution in [2.45, 2.75) is 31.1 Å². The van der Waals surface area contributed by atoms with Crippen molar-refractivity contribution in [3.05, 3.63) is 53.6 Å². The van der Waals surface area contributed by atoms with Crippen LogP contribution < -0.4 is 10.2 Å². The quantitative estimate of drug-likeness (QED) is 0.858. The number of anilines is 2. The first-order valence-corrected chi connectivity index (χ1v) is 11.2. The summed E-state index contributed by atoms with van der Waals surface area (Å²) in [7, 11) is -3.45. The normalized spacial score (nSPS) is 17.9. The first-order chi connectivity index (χ1) is 13.5. The fourth-order valence-electron chi connectivity index (χ4n) is 3.80. The molecule has 1 saturated heterocycles. The number of hydrogen-bond donors (Lipinski definition) is 1. The molecule has 7 heteroatoms. The Morgan fingerprint density at radius 3 is 2.36 bits per heavy atom. The number of aryl methyl sites for hydroxylation is 2. The smallest absolute Gasteiger partial charge is 0.243 e. The Hall–Kier alpha value is -2.38. The van der Waals surface area contributed by atoms with Crippen molar-refractivity contribution in [3.63, 3.8) is 0 Å². The van der Waals surface area contributed by atoms with Crippen LogP contribution in [-0.2, 0) is 27.7 Å². The summed E-state index contributed by atoms with van der Waals surface area (Å²) in [5.41, 5.74) is 4.24. The van der Waals surface area contributed by atoms with E-state index in [-0.39, 0.29) is 5.91 Å². The Balaban J connectivity index is 1.45. The second-order valence-corrected chi connectivity index (χ2v) is 9.22. The molecule has 148 valence electrons. The van der Waals surface area contributed by atoms with E-state index in [9.17, 15) is 13.2 Å². The van der Waals surface area contributed by atoms with Gasteiger partial charge in [-0.25, -0.2) is 8.42 Å². The molecule has 4 rings (SSSR count). The van der Waals surface area contributed by atoms with Gasteiger partial charge in [-0.1, -0.05) is 19.1 Å². The lowest BCUT2D eigenvalue weighted by Crippen LogP contribution is -2.48.